The normalized spacial score (nSPS) is 12.1. The molecule has 88 valence electrons. The molecule has 0 fully saturated rings. The highest BCUT2D eigenvalue weighted by atomic mass is 35.5. The molecule has 1 heterocycles. The molecule has 1 aromatic heterocycles. The van der Waals surface area contributed by atoms with Gasteiger partial charge in [0, 0.05) is 5.02 Å². The molecule has 0 bridgehead atoms. The van der Waals surface area contributed by atoms with Crippen LogP contribution in [-0.4, -0.2) is 21.3 Å². The van der Waals surface area contributed by atoms with Crippen LogP contribution in [-0.2, 0) is 0 Å². The molecular weight excluding hydrogens is 240 g/mol. The first kappa shape index (κ1) is 11.6. The minimum atomic E-state index is -0.263. The van der Waals surface area contributed by atoms with Crippen molar-refractivity contribution in [3.8, 4) is 0 Å². The predicted octanol–water partition coefficient (Wildman–Crippen LogP) is 1.95. The number of halogens is 1. The second-order valence-corrected chi connectivity index (χ2v) is 4.04. The largest absolute Gasteiger partial charge is 0.344 e. The Morgan fingerprint density at radius 3 is 2.71 bits per heavy atom. The lowest BCUT2D eigenvalue weighted by Gasteiger charge is -2.13. The van der Waals surface area contributed by atoms with Gasteiger partial charge in [0.2, 0.25) is 0 Å². The number of H-pyrrole nitrogens is 1. The van der Waals surface area contributed by atoms with Gasteiger partial charge in [-0.2, -0.15) is 15.4 Å². The highest BCUT2D eigenvalue weighted by molar-refractivity contribution is 6.30. The van der Waals surface area contributed by atoms with Crippen LogP contribution in [0.5, 0.6) is 0 Å². The zero-order chi connectivity index (χ0) is 12.3. The molecule has 2 N–H and O–H groups in total. The number of benzene rings is 1. The zero-order valence-corrected chi connectivity index (χ0v) is 9.90. The Bertz CT molecular complexity index is 495. The first-order valence-electron chi connectivity index (χ1n) is 5.09. The lowest BCUT2D eigenvalue weighted by Crippen LogP contribution is -2.26. The van der Waals surface area contributed by atoms with Gasteiger partial charge in [-0.3, -0.25) is 4.79 Å². The average molecular weight is 251 g/mol. The SMILES string of the molecule is CC(NC(=O)c1cn[nH]n1)c1ccc(Cl)cc1. The third-order valence-corrected chi connectivity index (χ3v) is 2.62. The van der Waals surface area contributed by atoms with Crippen LogP contribution in [0.4, 0.5) is 0 Å². The maximum atomic E-state index is 11.7. The quantitative estimate of drug-likeness (QED) is 0.875. The fourth-order valence-electron chi connectivity index (χ4n) is 1.42. The van der Waals surface area contributed by atoms with Crippen molar-refractivity contribution in [3.05, 3.63) is 46.7 Å². The summed E-state index contributed by atoms with van der Waals surface area (Å²) in [5, 5.41) is 13.2. The molecule has 5 nitrogen and oxygen atoms in total. The second-order valence-electron chi connectivity index (χ2n) is 3.60. The van der Waals surface area contributed by atoms with Gasteiger partial charge in [-0.15, -0.1) is 0 Å². The van der Waals surface area contributed by atoms with Crippen LogP contribution in [0.2, 0.25) is 5.02 Å². The first-order chi connectivity index (χ1) is 8.16. The molecule has 0 aliphatic rings. The summed E-state index contributed by atoms with van der Waals surface area (Å²) in [6, 6.07) is 7.20. The van der Waals surface area contributed by atoms with Crippen LogP contribution in [0.1, 0.15) is 29.0 Å². The smallest absolute Gasteiger partial charge is 0.273 e. The summed E-state index contributed by atoms with van der Waals surface area (Å²) in [6.45, 7) is 1.89. The van der Waals surface area contributed by atoms with E-state index < -0.39 is 0 Å². The van der Waals surface area contributed by atoms with Crippen molar-refractivity contribution in [2.75, 3.05) is 0 Å². The Morgan fingerprint density at radius 1 is 1.41 bits per heavy atom. The second kappa shape index (κ2) is 4.97. The highest BCUT2D eigenvalue weighted by Crippen LogP contribution is 2.16. The van der Waals surface area contributed by atoms with Gasteiger partial charge in [-0.05, 0) is 24.6 Å². The van der Waals surface area contributed by atoms with Gasteiger partial charge in [0.05, 0.1) is 12.2 Å². The number of nitrogens with one attached hydrogen (secondary N) is 2. The molecule has 1 aromatic carbocycles. The maximum absolute atomic E-state index is 11.7. The van der Waals surface area contributed by atoms with E-state index in [9.17, 15) is 4.79 Å². The Kier molecular flexibility index (Phi) is 3.39. The van der Waals surface area contributed by atoms with Crippen molar-refractivity contribution < 1.29 is 4.79 Å². The molecule has 0 aliphatic heterocycles. The standard InChI is InChI=1S/C11H11ClN4O/c1-7(8-2-4-9(12)5-3-8)14-11(17)10-6-13-16-15-10/h2-7H,1H3,(H,14,17)(H,13,15,16). The summed E-state index contributed by atoms with van der Waals surface area (Å²) in [7, 11) is 0. The number of amides is 1. The summed E-state index contributed by atoms with van der Waals surface area (Å²) >= 11 is 5.79. The zero-order valence-electron chi connectivity index (χ0n) is 9.14. The summed E-state index contributed by atoms with van der Waals surface area (Å²) in [5.74, 6) is -0.263. The maximum Gasteiger partial charge on any atom is 0.273 e. The molecule has 0 spiro atoms. The molecule has 2 rings (SSSR count). The minimum absolute atomic E-state index is 0.114. The number of hydrogen-bond donors (Lipinski definition) is 2. The van der Waals surface area contributed by atoms with Crippen LogP contribution >= 0.6 is 11.6 Å². The van der Waals surface area contributed by atoms with E-state index >= 15 is 0 Å². The summed E-state index contributed by atoms with van der Waals surface area (Å²) in [5.41, 5.74) is 1.25. The van der Waals surface area contributed by atoms with Crippen LogP contribution in [0.3, 0.4) is 0 Å². The van der Waals surface area contributed by atoms with Gasteiger partial charge in [0.25, 0.3) is 5.91 Å². The molecule has 1 amide bonds. The van der Waals surface area contributed by atoms with Crippen molar-refractivity contribution in [3.63, 3.8) is 0 Å². The molecule has 1 unspecified atom stereocenters. The first-order valence-corrected chi connectivity index (χ1v) is 5.46. The van der Waals surface area contributed by atoms with Crippen LogP contribution in [0.15, 0.2) is 30.5 Å². The van der Waals surface area contributed by atoms with Crippen molar-refractivity contribution in [1.82, 2.24) is 20.7 Å². The summed E-state index contributed by atoms with van der Waals surface area (Å²) in [6.07, 6.45) is 1.38. The van der Waals surface area contributed by atoms with Gasteiger partial charge >= 0.3 is 0 Å². The minimum Gasteiger partial charge on any atom is -0.344 e. The van der Waals surface area contributed by atoms with E-state index in [1.807, 2.05) is 19.1 Å². The van der Waals surface area contributed by atoms with E-state index in [1.165, 1.54) is 6.20 Å². The van der Waals surface area contributed by atoms with Gasteiger partial charge in [-0.25, -0.2) is 0 Å². The van der Waals surface area contributed by atoms with Crippen molar-refractivity contribution in [1.29, 1.82) is 0 Å². The van der Waals surface area contributed by atoms with Crippen molar-refractivity contribution >= 4 is 17.5 Å². The number of rotatable bonds is 3. The van der Waals surface area contributed by atoms with Gasteiger partial charge in [0.1, 0.15) is 0 Å². The molecule has 0 saturated heterocycles. The van der Waals surface area contributed by atoms with E-state index in [-0.39, 0.29) is 17.6 Å². The monoisotopic (exact) mass is 250 g/mol. The Morgan fingerprint density at radius 2 is 2.12 bits per heavy atom. The van der Waals surface area contributed by atoms with Crippen molar-refractivity contribution in [2.24, 2.45) is 0 Å². The molecule has 2 aromatic rings. The third kappa shape index (κ3) is 2.82. The average Bonchev–Trinajstić information content (AvgIpc) is 2.83. The lowest BCUT2D eigenvalue weighted by molar-refractivity contribution is 0.0935. The molecule has 0 saturated carbocycles. The number of carbonyl (C=O) groups excluding carboxylic acids is 1. The molecular formula is C11H11ClN4O. The lowest BCUT2D eigenvalue weighted by atomic mass is 10.1. The predicted molar refractivity (Wildman–Crippen MR) is 63.7 cm³/mol. The van der Waals surface area contributed by atoms with E-state index in [0.717, 1.165) is 5.56 Å². The summed E-state index contributed by atoms with van der Waals surface area (Å²) in [4.78, 5) is 11.7. The molecule has 17 heavy (non-hydrogen) atoms. The summed E-state index contributed by atoms with van der Waals surface area (Å²) < 4.78 is 0. The number of aromatic amines is 1. The number of nitrogens with zero attached hydrogens (tertiary/aromatic N) is 2. The Hall–Kier alpha value is -1.88. The molecule has 6 heteroatoms. The van der Waals surface area contributed by atoms with E-state index in [0.29, 0.717) is 5.02 Å². The van der Waals surface area contributed by atoms with Crippen LogP contribution in [0, 0.1) is 0 Å². The van der Waals surface area contributed by atoms with E-state index in [2.05, 4.69) is 20.7 Å². The van der Waals surface area contributed by atoms with E-state index in [4.69, 9.17) is 11.6 Å². The fourth-order valence-corrected chi connectivity index (χ4v) is 1.54. The fraction of sp³-hybridized carbons (Fsp3) is 0.182. The highest BCUT2D eigenvalue weighted by Gasteiger charge is 2.13. The van der Waals surface area contributed by atoms with Crippen LogP contribution in [0.25, 0.3) is 0 Å². The van der Waals surface area contributed by atoms with E-state index in [1.54, 1.807) is 12.1 Å². The number of aromatic nitrogens is 3. The topological polar surface area (TPSA) is 70.7 Å². The van der Waals surface area contributed by atoms with Gasteiger partial charge in [-0.1, -0.05) is 23.7 Å². The van der Waals surface area contributed by atoms with Crippen molar-refractivity contribution in [2.45, 2.75) is 13.0 Å². The van der Waals surface area contributed by atoms with Crippen LogP contribution < -0.4 is 5.32 Å². The van der Waals surface area contributed by atoms with Gasteiger partial charge in [0.15, 0.2) is 5.69 Å². The van der Waals surface area contributed by atoms with Gasteiger partial charge < -0.3 is 5.32 Å². The Labute approximate surface area is 103 Å². The molecule has 1 atom stereocenters. The number of hydrogen-bond acceptors (Lipinski definition) is 3. The Balaban J connectivity index is 2.04. The molecule has 0 aliphatic carbocycles. The number of carbonyl (C=O) groups is 1. The molecule has 0 radical (unpaired) electrons. The third-order valence-electron chi connectivity index (χ3n) is 2.37.